The normalized spacial score (nSPS) is 11.9. The van der Waals surface area contributed by atoms with Gasteiger partial charge in [0.1, 0.15) is 5.82 Å². The van der Waals surface area contributed by atoms with Crippen molar-refractivity contribution in [2.75, 3.05) is 5.32 Å². The summed E-state index contributed by atoms with van der Waals surface area (Å²) in [7, 11) is 0. The molecule has 0 unspecified atom stereocenters. The molecule has 0 saturated carbocycles. The summed E-state index contributed by atoms with van der Waals surface area (Å²) in [5.74, 6) is 0.541. The Kier molecular flexibility index (Phi) is 4.13. The van der Waals surface area contributed by atoms with Crippen LogP contribution in [0.1, 0.15) is 32.0 Å². The minimum Gasteiger partial charge on any atom is -0.310 e. The number of nitrogens with one attached hydrogen (secondary N) is 1. The van der Waals surface area contributed by atoms with Gasteiger partial charge in [0.15, 0.2) is 0 Å². The molecule has 3 aromatic rings. The molecule has 24 heavy (non-hydrogen) atoms. The Bertz CT molecular complexity index is 897. The van der Waals surface area contributed by atoms with E-state index in [4.69, 9.17) is 11.6 Å². The molecular formula is C17H19ClN4OS. The number of anilines is 1. The van der Waals surface area contributed by atoms with Gasteiger partial charge < -0.3 is 5.32 Å². The van der Waals surface area contributed by atoms with E-state index >= 15 is 0 Å². The molecular weight excluding hydrogens is 344 g/mol. The van der Waals surface area contributed by atoms with Gasteiger partial charge in [-0.3, -0.25) is 4.79 Å². The number of aryl methyl sites for hydroxylation is 2. The number of rotatable bonds is 2. The summed E-state index contributed by atoms with van der Waals surface area (Å²) >= 11 is 7.75. The van der Waals surface area contributed by atoms with Crippen LogP contribution in [0.4, 0.5) is 5.82 Å². The van der Waals surface area contributed by atoms with Gasteiger partial charge in [-0.15, -0.1) is 0 Å². The highest BCUT2D eigenvalue weighted by Gasteiger charge is 2.24. The highest BCUT2D eigenvalue weighted by atomic mass is 35.5. The summed E-state index contributed by atoms with van der Waals surface area (Å²) in [6, 6.07) is 5.66. The standard InChI is InChI=1S/C17H19ClN4OS/c1-9-6-7-11(18)14-13(9)20-16(24-14)22-12(8-10(2)21-22)19-15(23)17(3,4)5/h6-8H,1-5H3,(H,19,23). The van der Waals surface area contributed by atoms with Crippen LogP contribution in [0.2, 0.25) is 5.02 Å². The fourth-order valence-electron chi connectivity index (χ4n) is 2.22. The van der Waals surface area contributed by atoms with Crippen LogP contribution in [0.15, 0.2) is 18.2 Å². The number of aromatic nitrogens is 3. The van der Waals surface area contributed by atoms with Crippen molar-refractivity contribution in [1.82, 2.24) is 14.8 Å². The third-order valence-electron chi connectivity index (χ3n) is 3.62. The lowest BCUT2D eigenvalue weighted by Crippen LogP contribution is -2.28. The Morgan fingerprint density at radius 2 is 2.00 bits per heavy atom. The fourth-order valence-corrected chi connectivity index (χ4v) is 3.50. The van der Waals surface area contributed by atoms with Crippen molar-refractivity contribution in [2.24, 2.45) is 5.41 Å². The van der Waals surface area contributed by atoms with Gasteiger partial charge in [-0.25, -0.2) is 4.98 Å². The lowest BCUT2D eigenvalue weighted by atomic mass is 9.96. The van der Waals surface area contributed by atoms with E-state index in [1.807, 2.05) is 52.8 Å². The quantitative estimate of drug-likeness (QED) is 0.716. The van der Waals surface area contributed by atoms with E-state index in [1.165, 1.54) is 11.3 Å². The summed E-state index contributed by atoms with van der Waals surface area (Å²) in [5, 5.41) is 8.77. The summed E-state index contributed by atoms with van der Waals surface area (Å²) in [5.41, 5.74) is 2.24. The molecule has 0 spiro atoms. The number of nitrogens with zero attached hydrogens (tertiary/aromatic N) is 3. The first-order chi connectivity index (χ1) is 11.2. The van der Waals surface area contributed by atoms with Crippen LogP contribution < -0.4 is 5.32 Å². The van der Waals surface area contributed by atoms with Gasteiger partial charge >= 0.3 is 0 Å². The Labute approximate surface area is 149 Å². The largest absolute Gasteiger partial charge is 0.310 e. The molecule has 0 radical (unpaired) electrons. The summed E-state index contributed by atoms with van der Waals surface area (Å²) in [6.45, 7) is 9.50. The second kappa shape index (κ2) is 5.86. The highest BCUT2D eigenvalue weighted by molar-refractivity contribution is 7.21. The molecule has 0 fully saturated rings. The molecule has 5 nitrogen and oxygen atoms in total. The molecule has 0 saturated heterocycles. The zero-order chi connectivity index (χ0) is 17.6. The summed E-state index contributed by atoms with van der Waals surface area (Å²) < 4.78 is 2.59. The number of carbonyl (C=O) groups is 1. The van der Waals surface area contributed by atoms with Crippen molar-refractivity contribution in [3.05, 3.63) is 34.5 Å². The van der Waals surface area contributed by atoms with Gasteiger partial charge in [0.25, 0.3) is 0 Å². The van der Waals surface area contributed by atoms with Gasteiger partial charge in [-0.05, 0) is 25.5 Å². The molecule has 1 N–H and O–H groups in total. The van der Waals surface area contributed by atoms with Gasteiger partial charge in [0, 0.05) is 11.5 Å². The van der Waals surface area contributed by atoms with Crippen LogP contribution in [0.3, 0.4) is 0 Å². The van der Waals surface area contributed by atoms with E-state index < -0.39 is 5.41 Å². The summed E-state index contributed by atoms with van der Waals surface area (Å²) in [4.78, 5) is 17.0. The predicted octanol–water partition coefficient (Wildman–Crippen LogP) is 4.74. The smallest absolute Gasteiger partial charge is 0.230 e. The lowest BCUT2D eigenvalue weighted by Gasteiger charge is -2.17. The number of carbonyl (C=O) groups excluding carboxylic acids is 1. The van der Waals surface area contributed by atoms with Crippen molar-refractivity contribution in [3.8, 4) is 5.13 Å². The van der Waals surface area contributed by atoms with E-state index in [0.717, 1.165) is 21.5 Å². The first-order valence-corrected chi connectivity index (χ1v) is 8.80. The Hall–Kier alpha value is -1.92. The molecule has 1 aromatic carbocycles. The minimum atomic E-state index is -0.490. The average Bonchev–Trinajstić information content (AvgIpc) is 3.06. The average molecular weight is 363 g/mol. The topological polar surface area (TPSA) is 59.8 Å². The Morgan fingerprint density at radius 1 is 1.29 bits per heavy atom. The number of amides is 1. The van der Waals surface area contributed by atoms with E-state index in [0.29, 0.717) is 16.0 Å². The van der Waals surface area contributed by atoms with Crippen LogP contribution in [-0.4, -0.2) is 20.7 Å². The molecule has 126 valence electrons. The minimum absolute atomic E-state index is 0.0704. The zero-order valence-electron chi connectivity index (χ0n) is 14.3. The number of benzene rings is 1. The number of halogens is 1. The van der Waals surface area contributed by atoms with E-state index in [2.05, 4.69) is 15.4 Å². The van der Waals surface area contributed by atoms with Crippen LogP contribution >= 0.6 is 22.9 Å². The van der Waals surface area contributed by atoms with Crippen molar-refractivity contribution in [2.45, 2.75) is 34.6 Å². The maximum absolute atomic E-state index is 12.3. The van der Waals surface area contributed by atoms with Gasteiger partial charge in [-0.2, -0.15) is 9.78 Å². The third kappa shape index (κ3) is 3.03. The molecule has 2 heterocycles. The molecule has 3 rings (SSSR count). The van der Waals surface area contributed by atoms with Crippen LogP contribution in [0.5, 0.6) is 0 Å². The number of hydrogen-bond donors (Lipinski definition) is 1. The number of thiazole rings is 1. The van der Waals surface area contributed by atoms with Crippen LogP contribution in [0.25, 0.3) is 15.3 Å². The molecule has 1 amide bonds. The maximum Gasteiger partial charge on any atom is 0.230 e. The molecule has 7 heteroatoms. The third-order valence-corrected chi connectivity index (χ3v) is 5.11. The van der Waals surface area contributed by atoms with Gasteiger partial charge in [-0.1, -0.05) is 49.8 Å². The second-order valence-corrected chi connectivity index (χ2v) is 8.21. The zero-order valence-corrected chi connectivity index (χ0v) is 15.8. The molecule has 0 atom stereocenters. The van der Waals surface area contributed by atoms with Gasteiger partial charge in [0.2, 0.25) is 11.0 Å². The molecule has 2 aromatic heterocycles. The molecule has 0 aliphatic heterocycles. The van der Waals surface area contributed by atoms with Crippen molar-refractivity contribution < 1.29 is 4.79 Å². The highest BCUT2D eigenvalue weighted by Crippen LogP contribution is 2.34. The Balaban J connectivity index is 2.09. The van der Waals surface area contributed by atoms with Crippen molar-refractivity contribution >= 4 is 44.9 Å². The van der Waals surface area contributed by atoms with E-state index in [-0.39, 0.29) is 5.91 Å². The molecule has 0 aliphatic rings. The van der Waals surface area contributed by atoms with E-state index in [9.17, 15) is 4.79 Å². The molecule has 0 aliphatic carbocycles. The molecule has 0 bridgehead atoms. The number of fused-ring (bicyclic) bond motifs is 1. The number of hydrogen-bond acceptors (Lipinski definition) is 4. The van der Waals surface area contributed by atoms with Crippen LogP contribution in [0, 0.1) is 19.3 Å². The van der Waals surface area contributed by atoms with Crippen molar-refractivity contribution in [1.29, 1.82) is 0 Å². The first kappa shape index (κ1) is 16.9. The monoisotopic (exact) mass is 362 g/mol. The first-order valence-electron chi connectivity index (χ1n) is 7.61. The van der Waals surface area contributed by atoms with Crippen molar-refractivity contribution in [3.63, 3.8) is 0 Å². The fraction of sp³-hybridized carbons (Fsp3) is 0.353. The predicted molar refractivity (Wildman–Crippen MR) is 99.3 cm³/mol. The SMILES string of the molecule is Cc1cc(NC(=O)C(C)(C)C)n(-c2nc3c(C)ccc(Cl)c3s2)n1. The lowest BCUT2D eigenvalue weighted by molar-refractivity contribution is -0.123. The second-order valence-electron chi connectivity index (χ2n) is 6.83. The summed E-state index contributed by atoms with van der Waals surface area (Å²) in [6.07, 6.45) is 0. The van der Waals surface area contributed by atoms with Crippen LogP contribution in [-0.2, 0) is 4.79 Å². The van der Waals surface area contributed by atoms with Gasteiger partial charge in [0.05, 0.1) is 20.9 Å². The van der Waals surface area contributed by atoms with E-state index in [1.54, 1.807) is 4.68 Å². The Morgan fingerprint density at radius 3 is 2.62 bits per heavy atom. The maximum atomic E-state index is 12.3.